The third-order valence-electron chi connectivity index (χ3n) is 4.62. The Labute approximate surface area is 163 Å². The molecule has 27 heavy (non-hydrogen) atoms. The Morgan fingerprint density at radius 3 is 1.70 bits per heavy atom. The summed E-state index contributed by atoms with van der Waals surface area (Å²) in [6.07, 6.45) is 1.93. The van der Waals surface area contributed by atoms with Crippen molar-refractivity contribution in [3.05, 3.63) is 130 Å². The molecule has 0 amide bonds. The van der Waals surface area contributed by atoms with Crippen molar-refractivity contribution in [3.63, 3.8) is 0 Å². The van der Waals surface area contributed by atoms with Gasteiger partial charge in [0, 0.05) is 17.3 Å². The molecule has 0 saturated carbocycles. The van der Waals surface area contributed by atoms with Crippen LogP contribution in [0.5, 0.6) is 0 Å². The minimum absolute atomic E-state index is 0.0366. The third-order valence-corrected chi connectivity index (χ3v) is 4.88. The summed E-state index contributed by atoms with van der Waals surface area (Å²) >= 11 is 6.01. The van der Waals surface area contributed by atoms with E-state index < -0.39 is 0 Å². The summed E-state index contributed by atoms with van der Waals surface area (Å²) in [5.74, 6) is 0. The minimum atomic E-state index is -0.188. The van der Waals surface area contributed by atoms with E-state index in [0.717, 1.165) is 22.3 Å². The fraction of sp³-hybridized carbons (Fsp3) is 0.0417. The van der Waals surface area contributed by atoms with Crippen LogP contribution in [0.2, 0.25) is 5.02 Å². The lowest BCUT2D eigenvalue weighted by Gasteiger charge is -2.22. The Bertz CT molecular complexity index is 1050. The molecule has 0 atom stereocenters. The fourth-order valence-corrected chi connectivity index (χ4v) is 3.43. The van der Waals surface area contributed by atoms with Crippen molar-refractivity contribution in [1.82, 2.24) is 4.57 Å². The standard InChI is InChI=1S/C24H18ClNO/c25-22-14-11-18(12-15-22)21-13-16-23(27)26(17-21)24(19-7-3-1-4-8-19)20-9-5-2-6-10-20/h1-17,24H. The van der Waals surface area contributed by atoms with E-state index in [1.165, 1.54) is 0 Å². The zero-order chi connectivity index (χ0) is 18.6. The van der Waals surface area contributed by atoms with E-state index in [1.54, 1.807) is 10.6 Å². The van der Waals surface area contributed by atoms with E-state index >= 15 is 0 Å². The lowest BCUT2D eigenvalue weighted by molar-refractivity contribution is 0.651. The highest BCUT2D eigenvalue weighted by molar-refractivity contribution is 6.30. The van der Waals surface area contributed by atoms with Gasteiger partial charge in [0.1, 0.15) is 0 Å². The van der Waals surface area contributed by atoms with Crippen molar-refractivity contribution in [2.24, 2.45) is 0 Å². The number of rotatable bonds is 4. The van der Waals surface area contributed by atoms with Crippen LogP contribution in [0.4, 0.5) is 0 Å². The molecule has 3 aromatic carbocycles. The molecule has 1 aromatic heterocycles. The van der Waals surface area contributed by atoms with Gasteiger partial charge >= 0.3 is 0 Å². The quantitative estimate of drug-likeness (QED) is 0.444. The zero-order valence-electron chi connectivity index (χ0n) is 14.6. The molecule has 0 bridgehead atoms. The Morgan fingerprint density at radius 1 is 0.630 bits per heavy atom. The van der Waals surface area contributed by atoms with Crippen LogP contribution in [-0.2, 0) is 0 Å². The summed E-state index contributed by atoms with van der Waals surface area (Å²) in [5.41, 5.74) is 4.10. The van der Waals surface area contributed by atoms with Gasteiger partial charge in [0.25, 0.3) is 5.56 Å². The predicted octanol–water partition coefficient (Wildman–Crippen LogP) is 5.81. The average molecular weight is 372 g/mol. The number of pyridine rings is 1. The van der Waals surface area contributed by atoms with E-state index in [2.05, 4.69) is 24.3 Å². The van der Waals surface area contributed by atoms with E-state index in [-0.39, 0.29) is 11.6 Å². The van der Waals surface area contributed by atoms with Crippen molar-refractivity contribution >= 4 is 11.6 Å². The van der Waals surface area contributed by atoms with Crippen LogP contribution < -0.4 is 5.56 Å². The maximum Gasteiger partial charge on any atom is 0.251 e. The molecule has 2 nitrogen and oxygen atoms in total. The van der Waals surface area contributed by atoms with Gasteiger partial charge in [0.15, 0.2) is 0 Å². The van der Waals surface area contributed by atoms with Crippen molar-refractivity contribution in [2.45, 2.75) is 6.04 Å². The van der Waals surface area contributed by atoms with Gasteiger partial charge in [-0.15, -0.1) is 0 Å². The predicted molar refractivity (Wildman–Crippen MR) is 111 cm³/mol. The maximum absolute atomic E-state index is 12.8. The molecule has 0 N–H and O–H groups in total. The van der Waals surface area contributed by atoms with Crippen LogP contribution in [-0.4, -0.2) is 4.57 Å². The molecule has 0 aliphatic carbocycles. The number of benzene rings is 3. The lowest BCUT2D eigenvalue weighted by Crippen LogP contribution is -2.25. The van der Waals surface area contributed by atoms with Gasteiger partial charge in [-0.2, -0.15) is 0 Å². The van der Waals surface area contributed by atoms with E-state index in [1.807, 2.05) is 72.9 Å². The molecule has 4 aromatic rings. The number of aromatic nitrogens is 1. The highest BCUT2D eigenvalue weighted by Gasteiger charge is 2.17. The first-order chi connectivity index (χ1) is 13.2. The molecule has 4 rings (SSSR count). The minimum Gasteiger partial charge on any atom is -0.303 e. The zero-order valence-corrected chi connectivity index (χ0v) is 15.4. The second kappa shape index (κ2) is 7.65. The Morgan fingerprint density at radius 2 is 1.15 bits per heavy atom. The molecule has 0 spiro atoms. The molecule has 0 aliphatic rings. The monoisotopic (exact) mass is 371 g/mol. The van der Waals surface area contributed by atoms with Crippen LogP contribution in [0.15, 0.2) is 108 Å². The Hall–Kier alpha value is -3.10. The Kier molecular flexibility index (Phi) is 4.91. The average Bonchev–Trinajstić information content (AvgIpc) is 2.72. The van der Waals surface area contributed by atoms with E-state index in [4.69, 9.17) is 11.6 Å². The number of hydrogen-bond donors (Lipinski definition) is 0. The molecule has 3 heteroatoms. The van der Waals surface area contributed by atoms with Gasteiger partial charge in [-0.05, 0) is 40.5 Å². The van der Waals surface area contributed by atoms with Crippen LogP contribution in [0.1, 0.15) is 17.2 Å². The van der Waals surface area contributed by atoms with E-state index in [0.29, 0.717) is 5.02 Å². The van der Waals surface area contributed by atoms with Crippen LogP contribution in [0.25, 0.3) is 11.1 Å². The molecule has 0 radical (unpaired) electrons. The summed E-state index contributed by atoms with van der Waals surface area (Å²) in [7, 11) is 0. The second-order valence-corrected chi connectivity index (χ2v) is 6.83. The molecule has 0 unspecified atom stereocenters. The van der Waals surface area contributed by atoms with Crippen LogP contribution in [0, 0.1) is 0 Å². The first-order valence-electron chi connectivity index (χ1n) is 8.80. The number of halogens is 1. The highest BCUT2D eigenvalue weighted by atomic mass is 35.5. The first-order valence-corrected chi connectivity index (χ1v) is 9.18. The smallest absolute Gasteiger partial charge is 0.251 e. The summed E-state index contributed by atoms with van der Waals surface area (Å²) < 4.78 is 1.80. The van der Waals surface area contributed by atoms with Gasteiger partial charge in [-0.25, -0.2) is 0 Å². The third kappa shape index (κ3) is 3.71. The molecule has 132 valence electrons. The Balaban J connectivity index is 1.89. The summed E-state index contributed by atoms with van der Waals surface area (Å²) in [6, 6.07) is 31.1. The van der Waals surface area contributed by atoms with Gasteiger partial charge in [-0.3, -0.25) is 4.79 Å². The van der Waals surface area contributed by atoms with Gasteiger partial charge in [0.05, 0.1) is 6.04 Å². The van der Waals surface area contributed by atoms with Crippen LogP contribution in [0.3, 0.4) is 0 Å². The molecule has 1 heterocycles. The van der Waals surface area contributed by atoms with Gasteiger partial charge in [-0.1, -0.05) is 84.4 Å². The maximum atomic E-state index is 12.8. The number of nitrogens with zero attached hydrogens (tertiary/aromatic N) is 1. The molecule has 0 fully saturated rings. The van der Waals surface area contributed by atoms with Crippen molar-refractivity contribution in [2.75, 3.05) is 0 Å². The molecule has 0 saturated heterocycles. The fourth-order valence-electron chi connectivity index (χ4n) is 3.30. The largest absolute Gasteiger partial charge is 0.303 e. The molecule has 0 aliphatic heterocycles. The van der Waals surface area contributed by atoms with Crippen molar-refractivity contribution in [3.8, 4) is 11.1 Å². The van der Waals surface area contributed by atoms with Crippen molar-refractivity contribution < 1.29 is 0 Å². The summed E-state index contributed by atoms with van der Waals surface area (Å²) in [6.45, 7) is 0. The SMILES string of the molecule is O=c1ccc(-c2ccc(Cl)cc2)cn1C(c1ccccc1)c1ccccc1. The molecular formula is C24H18ClNO. The molecular weight excluding hydrogens is 354 g/mol. The van der Waals surface area contributed by atoms with Crippen molar-refractivity contribution in [1.29, 1.82) is 0 Å². The second-order valence-electron chi connectivity index (χ2n) is 6.39. The normalized spacial score (nSPS) is 10.9. The van der Waals surface area contributed by atoms with Gasteiger partial charge < -0.3 is 4.57 Å². The number of hydrogen-bond acceptors (Lipinski definition) is 1. The topological polar surface area (TPSA) is 22.0 Å². The lowest BCUT2D eigenvalue weighted by atomic mass is 9.97. The summed E-state index contributed by atoms with van der Waals surface area (Å²) in [4.78, 5) is 12.8. The summed E-state index contributed by atoms with van der Waals surface area (Å²) in [5, 5.41) is 0.693. The first kappa shape index (κ1) is 17.3. The van der Waals surface area contributed by atoms with Gasteiger partial charge in [0.2, 0.25) is 0 Å². The highest BCUT2D eigenvalue weighted by Crippen LogP contribution is 2.27. The van der Waals surface area contributed by atoms with Crippen LogP contribution >= 0.6 is 11.6 Å². The van der Waals surface area contributed by atoms with E-state index in [9.17, 15) is 4.79 Å².